The highest BCUT2D eigenvalue weighted by Gasteiger charge is 2.43. The van der Waals surface area contributed by atoms with Gasteiger partial charge in [0.2, 0.25) is 0 Å². The largest absolute Gasteiger partial charge is 0.493 e. The summed E-state index contributed by atoms with van der Waals surface area (Å²) >= 11 is 1.52. The Morgan fingerprint density at radius 2 is 2.00 bits per heavy atom. The lowest BCUT2D eigenvalue weighted by atomic mass is 9.98. The number of ether oxygens (including phenoxy) is 2. The van der Waals surface area contributed by atoms with Crippen LogP contribution in [0.25, 0.3) is 0 Å². The van der Waals surface area contributed by atoms with Crippen molar-refractivity contribution in [3.05, 3.63) is 23.8 Å². The average molecular weight is 311 g/mol. The maximum Gasteiger partial charge on any atom is 0.330 e. The van der Waals surface area contributed by atoms with Crippen molar-refractivity contribution < 1.29 is 24.2 Å². The van der Waals surface area contributed by atoms with Crippen molar-refractivity contribution in [2.45, 2.75) is 12.0 Å². The first-order chi connectivity index (χ1) is 10.0. The van der Waals surface area contributed by atoms with Gasteiger partial charge in [-0.05, 0) is 30.4 Å². The number of carbonyl (C=O) groups excluding carboxylic acids is 1. The van der Waals surface area contributed by atoms with Crippen molar-refractivity contribution in [1.29, 1.82) is 0 Å². The summed E-state index contributed by atoms with van der Waals surface area (Å²) in [6, 6.07) is 4.73. The molecule has 1 amide bonds. The summed E-state index contributed by atoms with van der Waals surface area (Å²) in [5.74, 6) is 0.607. The van der Waals surface area contributed by atoms with E-state index in [1.807, 2.05) is 0 Å². The molecule has 1 unspecified atom stereocenters. The fourth-order valence-corrected chi connectivity index (χ4v) is 3.48. The summed E-state index contributed by atoms with van der Waals surface area (Å²) in [6.07, 6.45) is 0.423. The zero-order chi connectivity index (χ0) is 15.5. The highest BCUT2D eigenvalue weighted by molar-refractivity contribution is 7.99. The van der Waals surface area contributed by atoms with Gasteiger partial charge >= 0.3 is 5.97 Å². The Hall–Kier alpha value is -1.89. The van der Waals surface area contributed by atoms with Gasteiger partial charge < -0.3 is 19.9 Å². The lowest BCUT2D eigenvalue weighted by Gasteiger charge is -2.24. The highest BCUT2D eigenvalue weighted by atomic mass is 32.2. The maximum absolute atomic E-state index is 12.3. The molecule has 2 N–H and O–H groups in total. The average Bonchev–Trinajstić information content (AvgIpc) is 2.96. The number of hydrogen-bond acceptors (Lipinski definition) is 5. The van der Waals surface area contributed by atoms with Gasteiger partial charge in [0.1, 0.15) is 5.54 Å². The quantitative estimate of drug-likeness (QED) is 0.855. The van der Waals surface area contributed by atoms with E-state index in [0.29, 0.717) is 29.2 Å². The van der Waals surface area contributed by atoms with Gasteiger partial charge in [-0.15, -0.1) is 0 Å². The summed E-state index contributed by atoms with van der Waals surface area (Å²) in [5, 5.41) is 12.0. The summed E-state index contributed by atoms with van der Waals surface area (Å²) in [7, 11) is 2.98. The number of carboxylic acids is 1. The second kappa shape index (κ2) is 6.26. The van der Waals surface area contributed by atoms with E-state index in [1.165, 1.54) is 32.0 Å². The summed E-state index contributed by atoms with van der Waals surface area (Å²) in [6.45, 7) is 0. The molecule has 114 valence electrons. The zero-order valence-corrected chi connectivity index (χ0v) is 12.7. The van der Waals surface area contributed by atoms with E-state index in [1.54, 1.807) is 12.1 Å². The van der Waals surface area contributed by atoms with Crippen molar-refractivity contribution in [1.82, 2.24) is 5.32 Å². The second-order valence-corrected chi connectivity index (χ2v) is 5.82. The third-order valence-electron chi connectivity index (χ3n) is 3.43. The Morgan fingerprint density at radius 3 is 2.52 bits per heavy atom. The molecule has 0 aliphatic carbocycles. The number of hydrogen-bond donors (Lipinski definition) is 2. The molecule has 1 aromatic carbocycles. The number of carboxylic acid groups (broad SMARTS) is 1. The Kier molecular flexibility index (Phi) is 4.62. The maximum atomic E-state index is 12.3. The number of carbonyl (C=O) groups is 2. The number of nitrogens with one attached hydrogen (secondary N) is 1. The first-order valence-corrected chi connectivity index (χ1v) is 7.53. The predicted octanol–water partition coefficient (Wildman–Crippen LogP) is 1.39. The van der Waals surface area contributed by atoms with Crippen molar-refractivity contribution in [2.75, 3.05) is 25.7 Å². The van der Waals surface area contributed by atoms with Crippen molar-refractivity contribution >= 4 is 23.6 Å². The van der Waals surface area contributed by atoms with Crippen LogP contribution < -0.4 is 14.8 Å². The van der Waals surface area contributed by atoms with Crippen LogP contribution in [0.3, 0.4) is 0 Å². The Morgan fingerprint density at radius 1 is 1.29 bits per heavy atom. The second-order valence-electron chi connectivity index (χ2n) is 4.71. The molecule has 1 saturated heterocycles. The lowest BCUT2D eigenvalue weighted by Crippen LogP contribution is -2.54. The Balaban J connectivity index is 2.22. The predicted molar refractivity (Wildman–Crippen MR) is 79.3 cm³/mol. The smallest absolute Gasteiger partial charge is 0.330 e. The fraction of sp³-hybridized carbons (Fsp3) is 0.429. The Labute approximate surface area is 126 Å². The SMILES string of the molecule is COc1ccc(C(=O)NC2(C(=O)O)CCSC2)cc1OC. The number of aliphatic carboxylic acids is 1. The van der Waals surface area contributed by atoms with Gasteiger partial charge in [-0.25, -0.2) is 4.79 Å². The minimum Gasteiger partial charge on any atom is -0.493 e. The minimum atomic E-state index is -1.19. The van der Waals surface area contributed by atoms with Crippen LogP contribution in [0, 0.1) is 0 Å². The number of amides is 1. The van der Waals surface area contributed by atoms with E-state index in [4.69, 9.17) is 9.47 Å². The molecule has 1 atom stereocenters. The van der Waals surface area contributed by atoms with Crippen LogP contribution in [0.2, 0.25) is 0 Å². The molecule has 7 heteroatoms. The third kappa shape index (κ3) is 3.07. The molecule has 0 bridgehead atoms. The molecule has 1 aliphatic heterocycles. The molecule has 1 fully saturated rings. The molecule has 1 aromatic rings. The van der Waals surface area contributed by atoms with Crippen LogP contribution in [0.1, 0.15) is 16.8 Å². The van der Waals surface area contributed by atoms with Gasteiger partial charge in [-0.3, -0.25) is 4.79 Å². The number of thioether (sulfide) groups is 1. The molecule has 6 nitrogen and oxygen atoms in total. The molecule has 0 aromatic heterocycles. The standard InChI is InChI=1S/C14H17NO5S/c1-19-10-4-3-9(7-11(10)20-2)12(16)15-14(13(17)18)5-6-21-8-14/h3-4,7H,5-6,8H2,1-2H3,(H,15,16)(H,17,18). The van der Waals surface area contributed by atoms with Crippen molar-refractivity contribution in [3.63, 3.8) is 0 Å². The van der Waals surface area contributed by atoms with E-state index in [0.717, 1.165) is 5.75 Å². The molecule has 1 heterocycles. The topological polar surface area (TPSA) is 84.9 Å². The van der Waals surface area contributed by atoms with Gasteiger partial charge in [0.25, 0.3) is 5.91 Å². The zero-order valence-electron chi connectivity index (χ0n) is 11.8. The van der Waals surface area contributed by atoms with Crippen LogP contribution >= 0.6 is 11.8 Å². The molecule has 0 spiro atoms. The molecule has 0 radical (unpaired) electrons. The van der Waals surface area contributed by atoms with E-state index < -0.39 is 17.4 Å². The van der Waals surface area contributed by atoms with Gasteiger partial charge in [-0.2, -0.15) is 11.8 Å². The van der Waals surface area contributed by atoms with Crippen LogP contribution in [0.5, 0.6) is 11.5 Å². The fourth-order valence-electron chi connectivity index (χ4n) is 2.15. The molecular weight excluding hydrogens is 294 g/mol. The first kappa shape index (κ1) is 15.5. The molecule has 21 heavy (non-hydrogen) atoms. The van der Waals surface area contributed by atoms with E-state index >= 15 is 0 Å². The van der Waals surface area contributed by atoms with Crippen LogP contribution in [0.15, 0.2) is 18.2 Å². The summed E-state index contributed by atoms with van der Waals surface area (Å²) in [4.78, 5) is 23.7. The minimum absolute atomic E-state index is 0.338. The molecule has 0 saturated carbocycles. The molecule has 1 aliphatic rings. The van der Waals surface area contributed by atoms with Crippen molar-refractivity contribution in [3.8, 4) is 11.5 Å². The molecular formula is C14H17NO5S. The van der Waals surface area contributed by atoms with Crippen LogP contribution in [-0.4, -0.2) is 48.2 Å². The number of benzene rings is 1. The van der Waals surface area contributed by atoms with Gasteiger partial charge in [0, 0.05) is 11.3 Å². The van der Waals surface area contributed by atoms with E-state index in [2.05, 4.69) is 5.32 Å². The number of rotatable bonds is 5. The first-order valence-electron chi connectivity index (χ1n) is 6.38. The van der Waals surface area contributed by atoms with Crippen LogP contribution in [0.4, 0.5) is 0 Å². The van der Waals surface area contributed by atoms with Crippen molar-refractivity contribution in [2.24, 2.45) is 0 Å². The number of methoxy groups -OCH3 is 2. The monoisotopic (exact) mass is 311 g/mol. The van der Waals surface area contributed by atoms with Gasteiger partial charge in [0.05, 0.1) is 14.2 Å². The van der Waals surface area contributed by atoms with E-state index in [-0.39, 0.29) is 0 Å². The molecule has 2 rings (SSSR count). The normalized spacial score (nSPS) is 20.9. The highest BCUT2D eigenvalue weighted by Crippen LogP contribution is 2.30. The van der Waals surface area contributed by atoms with Gasteiger partial charge in [-0.1, -0.05) is 0 Å². The summed E-state index contributed by atoms with van der Waals surface area (Å²) in [5.41, 5.74) is -0.847. The lowest BCUT2D eigenvalue weighted by molar-refractivity contribution is -0.143. The van der Waals surface area contributed by atoms with E-state index in [9.17, 15) is 14.7 Å². The van der Waals surface area contributed by atoms with Gasteiger partial charge in [0.15, 0.2) is 11.5 Å². The third-order valence-corrected chi connectivity index (χ3v) is 4.62. The Bertz CT molecular complexity index is 554. The van der Waals surface area contributed by atoms with Crippen LogP contribution in [-0.2, 0) is 4.79 Å². The summed E-state index contributed by atoms with van der Waals surface area (Å²) < 4.78 is 10.3.